The predicted molar refractivity (Wildman–Crippen MR) is 61.9 cm³/mol. The first-order chi connectivity index (χ1) is 7.98. The van der Waals surface area contributed by atoms with Crippen molar-refractivity contribution in [2.24, 2.45) is 5.41 Å². The molecular formula is C12H14F2N2O. The quantitative estimate of drug-likeness (QED) is 0.792. The average Bonchev–Trinajstić information content (AvgIpc) is 2.44. The third-order valence-electron chi connectivity index (χ3n) is 3.33. The SMILES string of the molecule is CCC1(C)CNc2c(ccc(F)c2F)NC1=O. The van der Waals surface area contributed by atoms with E-state index in [1.54, 1.807) is 6.92 Å². The third-order valence-corrected chi connectivity index (χ3v) is 3.33. The number of rotatable bonds is 1. The summed E-state index contributed by atoms with van der Waals surface area (Å²) in [7, 11) is 0. The molecular weight excluding hydrogens is 226 g/mol. The summed E-state index contributed by atoms with van der Waals surface area (Å²) in [5, 5.41) is 5.43. The van der Waals surface area contributed by atoms with E-state index in [2.05, 4.69) is 10.6 Å². The molecule has 2 rings (SSSR count). The molecule has 5 heteroatoms. The Balaban J connectivity index is 2.45. The first kappa shape index (κ1) is 11.8. The van der Waals surface area contributed by atoms with Gasteiger partial charge in [0.1, 0.15) is 0 Å². The van der Waals surface area contributed by atoms with Crippen LogP contribution in [0.1, 0.15) is 20.3 Å². The van der Waals surface area contributed by atoms with Gasteiger partial charge in [-0.15, -0.1) is 0 Å². The molecule has 17 heavy (non-hydrogen) atoms. The molecule has 1 atom stereocenters. The van der Waals surface area contributed by atoms with E-state index in [-0.39, 0.29) is 23.8 Å². The number of carbonyl (C=O) groups is 1. The van der Waals surface area contributed by atoms with Crippen LogP contribution >= 0.6 is 0 Å². The van der Waals surface area contributed by atoms with Gasteiger partial charge in [0.2, 0.25) is 5.91 Å². The Bertz CT molecular complexity index is 476. The number of halogens is 2. The second-order valence-electron chi connectivity index (χ2n) is 4.51. The summed E-state index contributed by atoms with van der Waals surface area (Å²) < 4.78 is 26.6. The molecule has 1 aromatic rings. The molecule has 2 N–H and O–H groups in total. The summed E-state index contributed by atoms with van der Waals surface area (Å²) in [5.41, 5.74) is -0.316. The predicted octanol–water partition coefficient (Wildman–Crippen LogP) is 2.75. The van der Waals surface area contributed by atoms with Crippen LogP contribution in [0.4, 0.5) is 20.2 Å². The lowest BCUT2D eigenvalue weighted by Crippen LogP contribution is -2.36. The molecule has 1 amide bonds. The normalized spacial score (nSPS) is 23.4. The number of hydrogen-bond donors (Lipinski definition) is 2. The molecule has 0 aliphatic carbocycles. The number of benzene rings is 1. The molecule has 0 radical (unpaired) electrons. The molecule has 1 heterocycles. The van der Waals surface area contributed by atoms with Gasteiger partial charge in [-0.3, -0.25) is 4.79 Å². The standard InChI is InChI=1S/C12H14F2N2O/c1-3-12(2)6-15-10-8(16-11(12)17)5-4-7(13)9(10)14/h4-5,15H,3,6H2,1-2H3,(H,16,17). The van der Waals surface area contributed by atoms with Gasteiger partial charge in [0.05, 0.1) is 16.8 Å². The van der Waals surface area contributed by atoms with Gasteiger partial charge in [-0.25, -0.2) is 8.78 Å². The van der Waals surface area contributed by atoms with E-state index in [0.29, 0.717) is 6.42 Å². The van der Waals surface area contributed by atoms with Crippen molar-refractivity contribution < 1.29 is 13.6 Å². The summed E-state index contributed by atoms with van der Waals surface area (Å²) in [4.78, 5) is 12.0. The molecule has 0 saturated heterocycles. The van der Waals surface area contributed by atoms with E-state index in [1.807, 2.05) is 6.92 Å². The van der Waals surface area contributed by atoms with E-state index in [0.717, 1.165) is 6.07 Å². The van der Waals surface area contributed by atoms with Crippen LogP contribution in [0.15, 0.2) is 12.1 Å². The minimum absolute atomic E-state index is 0.0236. The number of nitrogens with one attached hydrogen (secondary N) is 2. The van der Waals surface area contributed by atoms with Crippen LogP contribution in [0.25, 0.3) is 0 Å². The maximum absolute atomic E-state index is 13.6. The Hall–Kier alpha value is -1.65. The molecule has 1 aliphatic rings. The molecule has 0 aromatic heterocycles. The van der Waals surface area contributed by atoms with E-state index >= 15 is 0 Å². The topological polar surface area (TPSA) is 41.1 Å². The Morgan fingerprint density at radius 3 is 2.76 bits per heavy atom. The van der Waals surface area contributed by atoms with Crippen molar-refractivity contribution in [3.8, 4) is 0 Å². The van der Waals surface area contributed by atoms with Crippen molar-refractivity contribution in [2.75, 3.05) is 17.2 Å². The van der Waals surface area contributed by atoms with Gasteiger partial charge in [-0.1, -0.05) is 6.92 Å². The zero-order valence-corrected chi connectivity index (χ0v) is 9.73. The largest absolute Gasteiger partial charge is 0.380 e. The summed E-state index contributed by atoms with van der Waals surface area (Å²) in [6, 6.07) is 2.37. The van der Waals surface area contributed by atoms with Gasteiger partial charge in [0.25, 0.3) is 0 Å². The Morgan fingerprint density at radius 1 is 1.41 bits per heavy atom. The highest BCUT2D eigenvalue weighted by molar-refractivity contribution is 5.99. The van der Waals surface area contributed by atoms with Gasteiger partial charge in [0.15, 0.2) is 11.6 Å². The molecule has 1 aliphatic heterocycles. The van der Waals surface area contributed by atoms with E-state index < -0.39 is 17.0 Å². The van der Waals surface area contributed by atoms with Gasteiger partial charge in [0, 0.05) is 6.54 Å². The monoisotopic (exact) mass is 240 g/mol. The number of anilines is 2. The molecule has 1 unspecified atom stereocenters. The lowest BCUT2D eigenvalue weighted by molar-refractivity contribution is -0.124. The molecule has 1 aromatic carbocycles. The Labute approximate surface area is 98.2 Å². The fraction of sp³-hybridized carbons (Fsp3) is 0.417. The lowest BCUT2D eigenvalue weighted by Gasteiger charge is -2.23. The van der Waals surface area contributed by atoms with Crippen LogP contribution < -0.4 is 10.6 Å². The Kier molecular flexibility index (Phi) is 2.77. The van der Waals surface area contributed by atoms with Crippen molar-refractivity contribution in [1.82, 2.24) is 0 Å². The van der Waals surface area contributed by atoms with Gasteiger partial charge < -0.3 is 10.6 Å². The van der Waals surface area contributed by atoms with Crippen LogP contribution in [-0.4, -0.2) is 12.5 Å². The van der Waals surface area contributed by atoms with Crippen LogP contribution in [0.5, 0.6) is 0 Å². The summed E-state index contributed by atoms with van der Waals surface area (Å²) in [6.07, 6.45) is 0.615. The molecule has 92 valence electrons. The number of fused-ring (bicyclic) bond motifs is 1. The molecule has 0 saturated carbocycles. The number of hydrogen-bond acceptors (Lipinski definition) is 2. The lowest BCUT2D eigenvalue weighted by atomic mass is 9.86. The van der Waals surface area contributed by atoms with Gasteiger partial charge in [-0.05, 0) is 25.5 Å². The van der Waals surface area contributed by atoms with Crippen LogP contribution in [-0.2, 0) is 4.79 Å². The minimum atomic E-state index is -0.955. The van der Waals surface area contributed by atoms with Gasteiger partial charge in [-0.2, -0.15) is 0 Å². The first-order valence-electron chi connectivity index (χ1n) is 5.51. The molecule has 3 nitrogen and oxygen atoms in total. The highest BCUT2D eigenvalue weighted by atomic mass is 19.2. The maximum Gasteiger partial charge on any atom is 0.232 e. The summed E-state index contributed by atoms with van der Waals surface area (Å²) >= 11 is 0. The second-order valence-corrected chi connectivity index (χ2v) is 4.51. The van der Waals surface area contributed by atoms with Crippen molar-refractivity contribution in [3.05, 3.63) is 23.8 Å². The van der Waals surface area contributed by atoms with Crippen LogP contribution in [0, 0.1) is 17.0 Å². The average molecular weight is 240 g/mol. The second kappa shape index (κ2) is 3.98. The molecule has 0 fully saturated rings. The van der Waals surface area contributed by atoms with Crippen molar-refractivity contribution in [3.63, 3.8) is 0 Å². The van der Waals surface area contributed by atoms with E-state index in [9.17, 15) is 13.6 Å². The fourth-order valence-corrected chi connectivity index (χ4v) is 1.75. The van der Waals surface area contributed by atoms with Crippen molar-refractivity contribution >= 4 is 17.3 Å². The Morgan fingerprint density at radius 2 is 2.12 bits per heavy atom. The van der Waals surface area contributed by atoms with Crippen LogP contribution in [0.3, 0.4) is 0 Å². The highest BCUT2D eigenvalue weighted by Gasteiger charge is 2.35. The molecule has 0 spiro atoms. The minimum Gasteiger partial charge on any atom is -0.380 e. The summed E-state index contributed by atoms with van der Waals surface area (Å²) in [6.45, 7) is 3.95. The van der Waals surface area contributed by atoms with Gasteiger partial charge >= 0.3 is 0 Å². The van der Waals surface area contributed by atoms with E-state index in [1.165, 1.54) is 6.07 Å². The number of amides is 1. The number of carbonyl (C=O) groups excluding carboxylic acids is 1. The van der Waals surface area contributed by atoms with E-state index in [4.69, 9.17) is 0 Å². The zero-order chi connectivity index (χ0) is 12.6. The maximum atomic E-state index is 13.6. The first-order valence-corrected chi connectivity index (χ1v) is 5.51. The third kappa shape index (κ3) is 1.85. The fourth-order valence-electron chi connectivity index (χ4n) is 1.75. The van der Waals surface area contributed by atoms with Crippen molar-refractivity contribution in [2.45, 2.75) is 20.3 Å². The zero-order valence-electron chi connectivity index (χ0n) is 9.73. The highest BCUT2D eigenvalue weighted by Crippen LogP contribution is 2.34. The van der Waals surface area contributed by atoms with Crippen molar-refractivity contribution in [1.29, 1.82) is 0 Å². The summed E-state index contributed by atoms with van der Waals surface area (Å²) in [5.74, 6) is -2.06. The molecule has 0 bridgehead atoms. The van der Waals surface area contributed by atoms with Crippen LogP contribution in [0.2, 0.25) is 0 Å². The smallest absolute Gasteiger partial charge is 0.232 e.